The van der Waals surface area contributed by atoms with E-state index in [2.05, 4.69) is 34.6 Å². The third kappa shape index (κ3) is 3.15. The van der Waals surface area contributed by atoms with Crippen LogP contribution >= 0.6 is 11.6 Å². The highest BCUT2D eigenvalue weighted by atomic mass is 35.5. The Hall–Kier alpha value is -1.38. The maximum Gasteiger partial charge on any atom is 0.0408 e. The topological polar surface area (TPSA) is 24.9 Å². The van der Waals surface area contributed by atoms with Gasteiger partial charge >= 0.3 is 0 Å². The number of pyridine rings is 1. The number of hydrogen-bond donors (Lipinski definition) is 1. The van der Waals surface area contributed by atoms with E-state index in [1.807, 2.05) is 24.5 Å². The summed E-state index contributed by atoms with van der Waals surface area (Å²) >= 11 is 6.19. The van der Waals surface area contributed by atoms with Crippen LogP contribution in [0.3, 0.4) is 0 Å². The molecule has 1 N–H and O–H groups in total. The highest BCUT2D eigenvalue weighted by Gasteiger charge is 2.45. The summed E-state index contributed by atoms with van der Waals surface area (Å²) in [5.41, 5.74) is 3.00. The molecular formula is C20H23ClN2. The molecule has 1 aromatic carbocycles. The lowest BCUT2D eigenvalue weighted by Gasteiger charge is -2.35. The Morgan fingerprint density at radius 1 is 1.22 bits per heavy atom. The monoisotopic (exact) mass is 326 g/mol. The lowest BCUT2D eigenvalue weighted by molar-refractivity contribution is 0.226. The van der Waals surface area contributed by atoms with Gasteiger partial charge in [-0.3, -0.25) is 4.98 Å². The van der Waals surface area contributed by atoms with Crippen LogP contribution in [0.1, 0.15) is 49.3 Å². The normalized spacial score (nSPS) is 20.7. The first-order valence-corrected chi connectivity index (χ1v) is 9.04. The fourth-order valence-corrected chi connectivity index (χ4v) is 3.92. The average Bonchev–Trinajstić information content (AvgIpc) is 3.31. The molecule has 4 rings (SSSR count). The zero-order chi connectivity index (χ0) is 15.7. The molecule has 0 bridgehead atoms. The Morgan fingerprint density at radius 2 is 2.09 bits per heavy atom. The van der Waals surface area contributed by atoms with Gasteiger partial charge in [-0.2, -0.15) is 0 Å². The van der Waals surface area contributed by atoms with Crippen molar-refractivity contribution in [2.45, 2.75) is 43.6 Å². The van der Waals surface area contributed by atoms with Crippen molar-refractivity contribution >= 4 is 11.6 Å². The lowest BCUT2D eigenvalue weighted by Crippen LogP contribution is -2.37. The van der Waals surface area contributed by atoms with E-state index in [-0.39, 0.29) is 5.41 Å². The molecule has 2 aromatic rings. The Bertz CT molecular complexity index is 662. The largest absolute Gasteiger partial charge is 0.309 e. The van der Waals surface area contributed by atoms with Crippen LogP contribution in [-0.4, -0.2) is 11.5 Å². The molecule has 0 aliphatic heterocycles. The van der Waals surface area contributed by atoms with Crippen molar-refractivity contribution in [1.82, 2.24) is 10.3 Å². The van der Waals surface area contributed by atoms with E-state index < -0.39 is 0 Å². The van der Waals surface area contributed by atoms with E-state index in [9.17, 15) is 0 Å². The molecule has 2 nitrogen and oxygen atoms in total. The van der Waals surface area contributed by atoms with E-state index in [1.54, 1.807) is 0 Å². The van der Waals surface area contributed by atoms with E-state index >= 15 is 0 Å². The van der Waals surface area contributed by atoms with Crippen LogP contribution < -0.4 is 5.32 Å². The second kappa shape index (κ2) is 6.26. The van der Waals surface area contributed by atoms with Gasteiger partial charge < -0.3 is 5.32 Å². The number of aromatic nitrogens is 1. The molecule has 1 unspecified atom stereocenters. The van der Waals surface area contributed by atoms with Gasteiger partial charge in [0.1, 0.15) is 0 Å². The molecule has 3 heteroatoms. The van der Waals surface area contributed by atoms with Crippen molar-refractivity contribution in [3.05, 3.63) is 64.9 Å². The Morgan fingerprint density at radius 3 is 2.70 bits per heavy atom. The number of nitrogens with zero attached hydrogens (tertiary/aromatic N) is 1. The first-order chi connectivity index (χ1) is 11.3. The highest BCUT2D eigenvalue weighted by Crippen LogP contribution is 2.49. The highest BCUT2D eigenvalue weighted by molar-refractivity contribution is 6.30. The predicted molar refractivity (Wildman–Crippen MR) is 94.7 cm³/mol. The summed E-state index contributed by atoms with van der Waals surface area (Å²) < 4.78 is 0. The van der Waals surface area contributed by atoms with Crippen molar-refractivity contribution in [3.63, 3.8) is 0 Å². The van der Waals surface area contributed by atoms with Crippen LogP contribution in [0, 0.1) is 5.92 Å². The number of benzene rings is 1. The van der Waals surface area contributed by atoms with Gasteiger partial charge in [-0.25, -0.2) is 0 Å². The molecule has 23 heavy (non-hydrogen) atoms. The van der Waals surface area contributed by atoms with E-state index in [0.29, 0.717) is 6.04 Å². The number of hydrogen-bond acceptors (Lipinski definition) is 2. The van der Waals surface area contributed by atoms with Crippen molar-refractivity contribution in [1.29, 1.82) is 0 Å². The summed E-state index contributed by atoms with van der Waals surface area (Å²) in [6.07, 6.45) is 10.4. The van der Waals surface area contributed by atoms with Crippen LogP contribution in [0.15, 0.2) is 48.8 Å². The van der Waals surface area contributed by atoms with E-state index in [4.69, 9.17) is 11.6 Å². The van der Waals surface area contributed by atoms with Gasteiger partial charge in [0.15, 0.2) is 0 Å². The van der Waals surface area contributed by atoms with Gasteiger partial charge in [-0.1, -0.05) is 36.2 Å². The zero-order valence-electron chi connectivity index (χ0n) is 13.3. The van der Waals surface area contributed by atoms with Crippen molar-refractivity contribution in [3.8, 4) is 0 Å². The van der Waals surface area contributed by atoms with Crippen LogP contribution in [-0.2, 0) is 5.41 Å². The Balaban J connectivity index is 1.50. The molecule has 1 heterocycles. The standard InChI is InChI=1S/C20H23ClN2/c21-18-8-2-7-17(12-18)20(9-10-20)14-23-19(15-4-1-5-15)16-6-3-11-22-13-16/h2-3,6-8,11-13,15,19,23H,1,4-5,9-10,14H2. The summed E-state index contributed by atoms with van der Waals surface area (Å²) in [7, 11) is 0. The van der Waals surface area contributed by atoms with Gasteiger partial charge in [0.2, 0.25) is 0 Å². The molecule has 2 fully saturated rings. The third-order valence-corrected chi connectivity index (χ3v) is 5.85. The van der Waals surface area contributed by atoms with Crippen LogP contribution in [0.2, 0.25) is 5.02 Å². The second-order valence-corrected chi connectivity index (χ2v) is 7.56. The molecule has 120 valence electrons. The van der Waals surface area contributed by atoms with Gasteiger partial charge in [0.05, 0.1) is 0 Å². The van der Waals surface area contributed by atoms with Crippen molar-refractivity contribution in [2.24, 2.45) is 5.92 Å². The minimum Gasteiger partial charge on any atom is -0.309 e. The Kier molecular flexibility index (Phi) is 4.13. The maximum absolute atomic E-state index is 6.19. The molecule has 0 spiro atoms. The van der Waals surface area contributed by atoms with E-state index in [1.165, 1.54) is 43.2 Å². The van der Waals surface area contributed by atoms with E-state index in [0.717, 1.165) is 17.5 Å². The number of halogens is 1. The average molecular weight is 327 g/mol. The number of nitrogens with one attached hydrogen (secondary N) is 1. The zero-order valence-corrected chi connectivity index (χ0v) is 14.1. The van der Waals surface area contributed by atoms with Crippen LogP contribution in [0.5, 0.6) is 0 Å². The molecule has 0 amide bonds. The van der Waals surface area contributed by atoms with Gasteiger partial charge in [-0.05, 0) is 60.9 Å². The quantitative estimate of drug-likeness (QED) is 0.816. The molecule has 1 aromatic heterocycles. The van der Waals surface area contributed by atoms with Gasteiger partial charge in [0.25, 0.3) is 0 Å². The molecule has 0 saturated heterocycles. The van der Waals surface area contributed by atoms with Crippen LogP contribution in [0.25, 0.3) is 0 Å². The lowest BCUT2D eigenvalue weighted by atomic mass is 9.77. The Labute approximate surface area is 143 Å². The maximum atomic E-state index is 6.19. The van der Waals surface area contributed by atoms with Gasteiger partial charge in [0, 0.05) is 35.4 Å². The van der Waals surface area contributed by atoms with Crippen molar-refractivity contribution < 1.29 is 0 Å². The summed E-state index contributed by atoms with van der Waals surface area (Å²) in [4.78, 5) is 4.32. The summed E-state index contributed by atoms with van der Waals surface area (Å²) in [6.45, 7) is 1.03. The molecular weight excluding hydrogens is 304 g/mol. The smallest absolute Gasteiger partial charge is 0.0408 e. The molecule has 1 atom stereocenters. The molecule has 2 aliphatic rings. The predicted octanol–water partition coefficient (Wildman–Crippen LogP) is 4.90. The minimum atomic E-state index is 0.287. The van der Waals surface area contributed by atoms with Crippen molar-refractivity contribution in [2.75, 3.05) is 6.54 Å². The first-order valence-electron chi connectivity index (χ1n) is 8.66. The SMILES string of the molecule is Clc1cccc(C2(CNC(c3cccnc3)C3CCC3)CC2)c1. The number of rotatable bonds is 6. The summed E-state index contributed by atoms with van der Waals surface area (Å²) in [5, 5.41) is 4.72. The molecule has 0 radical (unpaired) electrons. The fourth-order valence-electron chi connectivity index (χ4n) is 3.73. The molecule has 2 aliphatic carbocycles. The second-order valence-electron chi connectivity index (χ2n) is 7.13. The minimum absolute atomic E-state index is 0.287. The molecule has 2 saturated carbocycles. The fraction of sp³-hybridized carbons (Fsp3) is 0.450. The third-order valence-electron chi connectivity index (χ3n) is 5.62. The van der Waals surface area contributed by atoms with Gasteiger partial charge in [-0.15, -0.1) is 0 Å². The first kappa shape index (κ1) is 15.2. The summed E-state index contributed by atoms with van der Waals surface area (Å²) in [6, 6.07) is 13.1. The van der Waals surface area contributed by atoms with Crippen LogP contribution in [0.4, 0.5) is 0 Å². The summed E-state index contributed by atoms with van der Waals surface area (Å²) in [5.74, 6) is 0.759.